The van der Waals surface area contributed by atoms with Gasteiger partial charge >= 0.3 is 5.97 Å². The average molecular weight is 353 g/mol. The molecule has 0 spiro atoms. The molecule has 0 aliphatic rings. The normalized spacial score (nSPS) is 10.7. The van der Waals surface area contributed by atoms with Gasteiger partial charge in [-0.3, -0.25) is 0 Å². The first-order chi connectivity index (χ1) is 9.96. The molecule has 0 bridgehead atoms. The van der Waals surface area contributed by atoms with Gasteiger partial charge in [-0.1, -0.05) is 6.92 Å². The predicted octanol–water partition coefficient (Wildman–Crippen LogP) is 0.791. The minimum Gasteiger partial charge on any atom is -0.496 e. The highest BCUT2D eigenvalue weighted by Gasteiger charge is 2.19. The third-order valence-electron chi connectivity index (χ3n) is 2.73. The molecule has 7 nitrogen and oxygen atoms in total. The summed E-state index contributed by atoms with van der Waals surface area (Å²) in [6, 6.07) is 4.00. The van der Waals surface area contributed by atoms with Gasteiger partial charge in [0.1, 0.15) is 11.3 Å². The van der Waals surface area contributed by atoms with Crippen molar-refractivity contribution in [1.29, 1.82) is 0 Å². The van der Waals surface area contributed by atoms with E-state index in [0.717, 1.165) is 6.54 Å². The second-order valence-corrected chi connectivity index (χ2v) is 5.87. The summed E-state index contributed by atoms with van der Waals surface area (Å²) >= 11 is 0. The van der Waals surface area contributed by atoms with Crippen LogP contribution in [0.4, 0.5) is 0 Å². The molecule has 1 rings (SSSR count). The van der Waals surface area contributed by atoms with Gasteiger partial charge in [0.2, 0.25) is 10.0 Å². The van der Waals surface area contributed by atoms with Gasteiger partial charge < -0.3 is 14.8 Å². The number of nitrogens with one attached hydrogen (secondary N) is 2. The van der Waals surface area contributed by atoms with Crippen molar-refractivity contribution >= 4 is 28.4 Å². The third kappa shape index (κ3) is 5.45. The quantitative estimate of drug-likeness (QED) is 0.530. The molecule has 0 fully saturated rings. The Balaban J connectivity index is 0.00000441. The van der Waals surface area contributed by atoms with Crippen LogP contribution in [-0.4, -0.2) is 48.2 Å². The Hall–Kier alpha value is -1.35. The van der Waals surface area contributed by atoms with Gasteiger partial charge in [-0.05, 0) is 18.7 Å². The van der Waals surface area contributed by atoms with Crippen LogP contribution in [-0.2, 0) is 14.8 Å². The van der Waals surface area contributed by atoms with E-state index in [4.69, 9.17) is 4.74 Å². The molecule has 2 N–H and O–H groups in total. The first-order valence-electron chi connectivity index (χ1n) is 6.43. The van der Waals surface area contributed by atoms with Crippen molar-refractivity contribution in [2.75, 3.05) is 33.9 Å². The van der Waals surface area contributed by atoms with Crippen molar-refractivity contribution in [1.82, 2.24) is 10.0 Å². The van der Waals surface area contributed by atoms with E-state index in [1.54, 1.807) is 0 Å². The number of benzene rings is 1. The number of ether oxygens (including phenoxy) is 2. The first kappa shape index (κ1) is 20.6. The standard InChI is InChI=1S/C13H20N2O5S.ClH/c1-4-14-7-8-15-21(17,18)10-5-6-11(13(16)20-3)12(9-10)19-2;/h5-6,9,14-15H,4,7-8H2,1-3H3;1H. The molecular weight excluding hydrogens is 332 g/mol. The first-order valence-corrected chi connectivity index (χ1v) is 7.91. The molecule has 1 aromatic carbocycles. The van der Waals surface area contributed by atoms with E-state index in [1.165, 1.54) is 32.4 Å². The Kier molecular flexibility index (Phi) is 9.03. The lowest BCUT2D eigenvalue weighted by Crippen LogP contribution is -2.31. The van der Waals surface area contributed by atoms with Crippen LogP contribution in [0.3, 0.4) is 0 Å². The van der Waals surface area contributed by atoms with Gasteiger partial charge in [-0.15, -0.1) is 12.4 Å². The Labute approximate surface area is 136 Å². The number of esters is 1. The monoisotopic (exact) mass is 352 g/mol. The predicted molar refractivity (Wildman–Crippen MR) is 85.3 cm³/mol. The summed E-state index contributed by atoms with van der Waals surface area (Å²) in [6.07, 6.45) is 0. The molecule has 0 unspecified atom stereocenters. The van der Waals surface area contributed by atoms with Gasteiger partial charge in [0.25, 0.3) is 0 Å². The molecule has 0 amide bonds. The number of sulfonamides is 1. The Morgan fingerprint density at radius 3 is 2.45 bits per heavy atom. The topological polar surface area (TPSA) is 93.7 Å². The van der Waals surface area contributed by atoms with E-state index in [-0.39, 0.29) is 35.2 Å². The lowest BCUT2D eigenvalue weighted by Gasteiger charge is -2.11. The molecule has 0 radical (unpaired) electrons. The second kappa shape index (κ2) is 9.62. The van der Waals surface area contributed by atoms with Gasteiger partial charge in [0, 0.05) is 19.2 Å². The number of halogens is 1. The number of likely N-dealkylation sites (N-methyl/N-ethyl adjacent to an activating group) is 1. The van der Waals surface area contributed by atoms with Crippen molar-refractivity contribution in [3.8, 4) is 5.75 Å². The molecule has 0 atom stereocenters. The number of hydrogen-bond acceptors (Lipinski definition) is 6. The summed E-state index contributed by atoms with van der Waals surface area (Å²) in [7, 11) is -1.04. The molecule has 0 aliphatic heterocycles. The number of hydrogen-bond donors (Lipinski definition) is 2. The molecule has 0 heterocycles. The number of carbonyl (C=O) groups excluding carboxylic acids is 1. The summed E-state index contributed by atoms with van der Waals surface area (Å²) in [4.78, 5) is 11.6. The molecule has 0 aliphatic carbocycles. The smallest absolute Gasteiger partial charge is 0.341 e. The van der Waals surface area contributed by atoms with Gasteiger partial charge in [0.15, 0.2) is 0 Å². The molecule has 0 aromatic heterocycles. The molecular formula is C13H21ClN2O5S. The van der Waals surface area contributed by atoms with E-state index in [9.17, 15) is 13.2 Å². The number of rotatable bonds is 8. The van der Waals surface area contributed by atoms with Crippen LogP contribution in [0.2, 0.25) is 0 Å². The minimum absolute atomic E-state index is 0. The zero-order chi connectivity index (χ0) is 15.9. The Bertz CT molecular complexity index is 592. The molecule has 0 saturated carbocycles. The van der Waals surface area contributed by atoms with Crippen molar-refractivity contribution in [2.24, 2.45) is 0 Å². The van der Waals surface area contributed by atoms with E-state index < -0.39 is 16.0 Å². The van der Waals surface area contributed by atoms with Crippen LogP contribution in [0.5, 0.6) is 5.75 Å². The lowest BCUT2D eigenvalue weighted by molar-refractivity contribution is 0.0597. The van der Waals surface area contributed by atoms with E-state index >= 15 is 0 Å². The van der Waals surface area contributed by atoms with Gasteiger partial charge in [0.05, 0.1) is 19.1 Å². The fourth-order valence-electron chi connectivity index (χ4n) is 1.65. The molecule has 126 valence electrons. The van der Waals surface area contributed by atoms with Crippen molar-refractivity contribution in [3.05, 3.63) is 23.8 Å². The molecule has 22 heavy (non-hydrogen) atoms. The zero-order valence-corrected chi connectivity index (χ0v) is 14.3. The minimum atomic E-state index is -3.64. The zero-order valence-electron chi connectivity index (χ0n) is 12.7. The number of methoxy groups -OCH3 is 2. The summed E-state index contributed by atoms with van der Waals surface area (Å²) in [5.74, 6) is -0.438. The SMILES string of the molecule is CCNCCNS(=O)(=O)c1ccc(C(=O)OC)c(OC)c1.Cl. The van der Waals surface area contributed by atoms with E-state index in [2.05, 4.69) is 14.8 Å². The largest absolute Gasteiger partial charge is 0.496 e. The van der Waals surface area contributed by atoms with E-state index in [0.29, 0.717) is 6.54 Å². The second-order valence-electron chi connectivity index (χ2n) is 4.10. The number of carbonyl (C=O) groups is 1. The molecule has 0 saturated heterocycles. The lowest BCUT2D eigenvalue weighted by atomic mass is 10.2. The molecule has 9 heteroatoms. The fraction of sp³-hybridized carbons (Fsp3) is 0.462. The maximum Gasteiger partial charge on any atom is 0.341 e. The van der Waals surface area contributed by atoms with Crippen molar-refractivity contribution in [2.45, 2.75) is 11.8 Å². The fourth-order valence-corrected chi connectivity index (χ4v) is 2.70. The summed E-state index contributed by atoms with van der Waals surface area (Å²) in [5.41, 5.74) is 0.173. The van der Waals surface area contributed by atoms with Crippen LogP contribution in [0.15, 0.2) is 23.1 Å². The third-order valence-corrected chi connectivity index (χ3v) is 4.19. The maximum absolute atomic E-state index is 12.1. The Morgan fingerprint density at radius 1 is 1.23 bits per heavy atom. The highest BCUT2D eigenvalue weighted by Crippen LogP contribution is 2.23. The highest BCUT2D eigenvalue weighted by atomic mass is 35.5. The van der Waals surface area contributed by atoms with Crippen molar-refractivity contribution in [3.63, 3.8) is 0 Å². The average Bonchev–Trinajstić information content (AvgIpc) is 2.50. The molecule has 1 aromatic rings. The van der Waals surface area contributed by atoms with E-state index in [1.807, 2.05) is 6.92 Å². The van der Waals surface area contributed by atoms with Crippen LogP contribution in [0.25, 0.3) is 0 Å². The van der Waals surface area contributed by atoms with Gasteiger partial charge in [-0.25, -0.2) is 17.9 Å². The van der Waals surface area contributed by atoms with Crippen LogP contribution in [0.1, 0.15) is 17.3 Å². The Morgan fingerprint density at radius 2 is 1.91 bits per heavy atom. The summed E-state index contributed by atoms with van der Waals surface area (Å²) in [6.45, 7) is 3.51. The summed E-state index contributed by atoms with van der Waals surface area (Å²) < 4.78 is 36.3. The summed E-state index contributed by atoms with van der Waals surface area (Å²) in [5, 5.41) is 3.01. The van der Waals surface area contributed by atoms with Crippen molar-refractivity contribution < 1.29 is 22.7 Å². The maximum atomic E-state index is 12.1. The van der Waals surface area contributed by atoms with Gasteiger partial charge in [-0.2, -0.15) is 0 Å². The highest BCUT2D eigenvalue weighted by molar-refractivity contribution is 7.89. The van der Waals surface area contributed by atoms with Crippen LogP contribution < -0.4 is 14.8 Å². The van der Waals surface area contributed by atoms with Crippen LogP contribution in [0, 0.1) is 0 Å². The van der Waals surface area contributed by atoms with Crippen LogP contribution >= 0.6 is 12.4 Å².